The maximum absolute atomic E-state index is 12.8. The molecule has 1 aliphatic heterocycles. The van der Waals surface area contributed by atoms with Crippen molar-refractivity contribution >= 4 is 21.7 Å². The van der Waals surface area contributed by atoms with Crippen molar-refractivity contribution in [2.45, 2.75) is 31.6 Å². The quantitative estimate of drug-likeness (QED) is 0.318. The number of benzene rings is 2. The molecule has 0 spiro atoms. The Morgan fingerprint density at radius 2 is 1.76 bits per heavy atom. The summed E-state index contributed by atoms with van der Waals surface area (Å²) in [6.07, 6.45) is 1.64. The number of ether oxygens (including phenoxy) is 1. The van der Waals surface area contributed by atoms with Crippen molar-refractivity contribution in [1.82, 2.24) is 4.31 Å². The van der Waals surface area contributed by atoms with Crippen LogP contribution in [0.4, 0.5) is 5.69 Å². The highest BCUT2D eigenvalue weighted by Crippen LogP contribution is 2.29. The van der Waals surface area contributed by atoms with Gasteiger partial charge in [-0.15, -0.1) is 0 Å². The zero-order valence-electron chi connectivity index (χ0n) is 16.2. The van der Waals surface area contributed by atoms with Gasteiger partial charge in [-0.1, -0.05) is 13.0 Å². The molecular weight excluding hydrogens is 396 g/mol. The van der Waals surface area contributed by atoms with E-state index in [-0.39, 0.29) is 21.9 Å². The summed E-state index contributed by atoms with van der Waals surface area (Å²) in [7, 11) is -3.62. The van der Waals surface area contributed by atoms with Crippen molar-refractivity contribution in [3.63, 3.8) is 0 Å². The first-order valence-electron chi connectivity index (χ1n) is 9.26. The van der Waals surface area contributed by atoms with Crippen molar-refractivity contribution in [3.8, 4) is 5.75 Å². The Morgan fingerprint density at radius 1 is 1.14 bits per heavy atom. The van der Waals surface area contributed by atoms with Crippen LogP contribution < -0.4 is 4.74 Å². The average molecular weight is 418 g/mol. The Labute approximate surface area is 169 Å². The molecule has 2 aromatic rings. The van der Waals surface area contributed by atoms with Crippen LogP contribution in [-0.2, 0) is 10.0 Å². The number of nitrogens with zero attached hydrogens (tertiary/aromatic N) is 2. The first kappa shape index (κ1) is 20.9. The smallest absolute Gasteiger partial charge is 0.343 e. The third-order valence-electron chi connectivity index (χ3n) is 4.99. The van der Waals surface area contributed by atoms with Crippen LogP contribution in [0, 0.1) is 23.0 Å². The summed E-state index contributed by atoms with van der Waals surface area (Å²) in [5.41, 5.74) is 0.491. The molecule has 1 saturated heterocycles. The summed E-state index contributed by atoms with van der Waals surface area (Å²) < 4.78 is 32.2. The number of hydrogen-bond donors (Lipinski definition) is 0. The molecule has 1 aliphatic rings. The molecule has 9 heteroatoms. The maximum Gasteiger partial charge on any atom is 0.343 e. The molecule has 8 nitrogen and oxygen atoms in total. The highest BCUT2D eigenvalue weighted by atomic mass is 32.2. The van der Waals surface area contributed by atoms with E-state index < -0.39 is 20.9 Å². The van der Waals surface area contributed by atoms with E-state index in [1.54, 1.807) is 13.0 Å². The third kappa shape index (κ3) is 4.63. The Hall–Kier alpha value is -2.78. The molecule has 0 bridgehead atoms. The average Bonchev–Trinajstić information content (AvgIpc) is 2.68. The van der Waals surface area contributed by atoms with Crippen LogP contribution in [0.1, 0.15) is 35.7 Å². The van der Waals surface area contributed by atoms with Crippen LogP contribution in [-0.4, -0.2) is 36.7 Å². The van der Waals surface area contributed by atoms with Gasteiger partial charge in [0, 0.05) is 19.2 Å². The molecule has 3 rings (SSSR count). The molecule has 0 atom stereocenters. The SMILES string of the molecule is Cc1ccc([N+](=O)[O-])c(OC(=O)c2ccc(S(=O)(=O)N3CCC(C)CC3)cc2)c1. The molecule has 0 aliphatic carbocycles. The van der Waals surface area contributed by atoms with Crippen LogP contribution in [0.5, 0.6) is 5.75 Å². The maximum atomic E-state index is 12.8. The molecule has 0 amide bonds. The van der Waals surface area contributed by atoms with Crippen molar-refractivity contribution in [2.75, 3.05) is 13.1 Å². The lowest BCUT2D eigenvalue weighted by Crippen LogP contribution is -2.37. The molecular formula is C20H22N2O6S. The second-order valence-corrected chi connectivity index (χ2v) is 9.17. The Balaban J connectivity index is 1.78. The van der Waals surface area contributed by atoms with Gasteiger partial charge in [0.15, 0.2) is 0 Å². The lowest BCUT2D eigenvalue weighted by Gasteiger charge is -2.29. The Kier molecular flexibility index (Phi) is 5.99. The molecule has 0 radical (unpaired) electrons. The molecule has 29 heavy (non-hydrogen) atoms. The zero-order chi connectivity index (χ0) is 21.2. The van der Waals surface area contributed by atoms with E-state index in [1.165, 1.54) is 40.7 Å². The van der Waals surface area contributed by atoms with Gasteiger partial charge in [0.2, 0.25) is 15.8 Å². The van der Waals surface area contributed by atoms with Gasteiger partial charge in [-0.2, -0.15) is 4.31 Å². The molecule has 1 fully saturated rings. The lowest BCUT2D eigenvalue weighted by molar-refractivity contribution is -0.385. The molecule has 1 heterocycles. The summed E-state index contributed by atoms with van der Waals surface area (Å²) in [5, 5.41) is 11.1. The number of carbonyl (C=O) groups excluding carboxylic acids is 1. The van der Waals surface area contributed by atoms with Crippen LogP contribution >= 0.6 is 0 Å². The highest BCUT2D eigenvalue weighted by molar-refractivity contribution is 7.89. The minimum absolute atomic E-state index is 0.102. The van der Waals surface area contributed by atoms with E-state index in [4.69, 9.17) is 4.74 Å². The number of hydrogen-bond acceptors (Lipinski definition) is 6. The van der Waals surface area contributed by atoms with Gasteiger partial charge in [-0.3, -0.25) is 10.1 Å². The summed E-state index contributed by atoms with van der Waals surface area (Å²) in [6, 6.07) is 9.64. The number of nitro groups is 1. The second kappa shape index (κ2) is 8.30. The molecule has 0 aromatic heterocycles. The monoisotopic (exact) mass is 418 g/mol. The number of carbonyl (C=O) groups is 1. The normalized spacial score (nSPS) is 15.8. The highest BCUT2D eigenvalue weighted by Gasteiger charge is 2.28. The number of esters is 1. The van der Waals surface area contributed by atoms with Crippen molar-refractivity contribution in [2.24, 2.45) is 5.92 Å². The molecule has 0 N–H and O–H groups in total. The largest absolute Gasteiger partial charge is 0.416 e. The van der Waals surface area contributed by atoms with Crippen molar-refractivity contribution < 1.29 is 22.9 Å². The second-order valence-electron chi connectivity index (χ2n) is 7.23. The number of aryl methyl sites for hydroxylation is 1. The summed E-state index contributed by atoms with van der Waals surface area (Å²) in [6.45, 7) is 4.78. The van der Waals surface area contributed by atoms with Gasteiger partial charge in [-0.25, -0.2) is 13.2 Å². The Morgan fingerprint density at radius 3 is 2.34 bits per heavy atom. The van der Waals surface area contributed by atoms with Gasteiger partial charge in [-0.05, 0) is 61.6 Å². The number of sulfonamides is 1. The van der Waals surface area contributed by atoms with Gasteiger partial charge < -0.3 is 4.74 Å². The van der Waals surface area contributed by atoms with Crippen molar-refractivity contribution in [1.29, 1.82) is 0 Å². The van der Waals surface area contributed by atoms with Gasteiger partial charge in [0.05, 0.1) is 15.4 Å². The first-order valence-corrected chi connectivity index (χ1v) is 10.7. The molecule has 0 saturated carbocycles. The van der Waals surface area contributed by atoms with Crippen LogP contribution in [0.3, 0.4) is 0 Å². The fourth-order valence-electron chi connectivity index (χ4n) is 3.15. The molecule has 0 unspecified atom stereocenters. The summed E-state index contributed by atoms with van der Waals surface area (Å²) >= 11 is 0. The van der Waals surface area contributed by atoms with Crippen molar-refractivity contribution in [3.05, 3.63) is 63.7 Å². The molecule has 154 valence electrons. The minimum atomic E-state index is -3.62. The van der Waals surface area contributed by atoms with Crippen LogP contribution in [0.2, 0.25) is 0 Å². The van der Waals surface area contributed by atoms with Crippen LogP contribution in [0.25, 0.3) is 0 Å². The van der Waals surface area contributed by atoms with E-state index in [0.717, 1.165) is 12.8 Å². The van der Waals surface area contributed by atoms with Gasteiger partial charge >= 0.3 is 11.7 Å². The topological polar surface area (TPSA) is 107 Å². The van der Waals surface area contributed by atoms with E-state index in [0.29, 0.717) is 24.6 Å². The standard InChI is InChI=1S/C20H22N2O6S/c1-14-9-11-21(12-10-14)29(26,27)17-6-4-16(5-7-17)20(23)28-19-13-15(2)3-8-18(19)22(24)25/h3-8,13-14H,9-12H2,1-2H3. The van der Waals surface area contributed by atoms with Gasteiger partial charge in [0.25, 0.3) is 0 Å². The third-order valence-corrected chi connectivity index (χ3v) is 6.90. The number of piperidine rings is 1. The zero-order valence-corrected chi connectivity index (χ0v) is 17.0. The van der Waals surface area contributed by atoms with E-state index in [1.807, 2.05) is 0 Å². The fourth-order valence-corrected chi connectivity index (χ4v) is 4.62. The predicted molar refractivity (Wildman–Crippen MR) is 106 cm³/mol. The van der Waals surface area contributed by atoms with Crippen LogP contribution in [0.15, 0.2) is 47.4 Å². The lowest BCUT2D eigenvalue weighted by atomic mass is 10.0. The van der Waals surface area contributed by atoms with E-state index >= 15 is 0 Å². The summed E-state index contributed by atoms with van der Waals surface area (Å²) in [4.78, 5) is 23.0. The van der Waals surface area contributed by atoms with E-state index in [2.05, 4.69) is 6.92 Å². The van der Waals surface area contributed by atoms with E-state index in [9.17, 15) is 23.3 Å². The first-order chi connectivity index (χ1) is 13.7. The summed E-state index contributed by atoms with van der Waals surface area (Å²) in [5.74, 6) is -0.446. The van der Waals surface area contributed by atoms with Gasteiger partial charge in [0.1, 0.15) is 0 Å². The molecule has 2 aromatic carbocycles. The number of nitro benzene ring substituents is 1. The number of rotatable bonds is 5. The predicted octanol–water partition coefficient (Wildman–Crippen LogP) is 3.54. The Bertz CT molecular complexity index is 1030. The fraction of sp³-hybridized carbons (Fsp3) is 0.350. The minimum Gasteiger partial charge on any atom is -0.416 e.